The maximum absolute atomic E-state index is 3.66. The number of hydrogen-bond donors (Lipinski definition) is 0. The summed E-state index contributed by atoms with van der Waals surface area (Å²) >= 11 is 7.32. The Kier molecular flexibility index (Phi) is 0.956. The molecule has 2 saturated carbocycles. The fraction of sp³-hybridized carbons (Fsp3) is 1.00. The fourth-order valence-corrected chi connectivity index (χ4v) is 4.28. The van der Waals surface area contributed by atoms with Crippen LogP contribution in [0, 0.1) is 10.8 Å². The molecule has 2 rings (SSSR count). The van der Waals surface area contributed by atoms with E-state index in [4.69, 9.17) is 0 Å². The van der Waals surface area contributed by atoms with Crippen molar-refractivity contribution in [2.45, 2.75) is 29.9 Å². The first-order chi connectivity index (χ1) is 3.91. The third kappa shape index (κ3) is 0.597. The van der Waals surface area contributed by atoms with Gasteiger partial charge in [0.1, 0.15) is 0 Å². The normalized spacial score (nSPS) is 49.3. The Morgan fingerprint density at radius 2 is 1.44 bits per heavy atom. The molecule has 0 unspecified atom stereocenters. The minimum Gasteiger partial charge on any atom is -0.0721 e. The minimum absolute atomic E-state index is 0.316. The van der Waals surface area contributed by atoms with Gasteiger partial charge < -0.3 is 0 Å². The van der Waals surface area contributed by atoms with Crippen molar-refractivity contribution in [2.75, 3.05) is 0 Å². The average Bonchev–Trinajstić information content (AvgIpc) is 2.20. The molecule has 0 aromatic carbocycles. The Balaban J connectivity index is 2.22. The molecule has 0 aliphatic heterocycles. The van der Waals surface area contributed by atoms with Crippen LogP contribution in [-0.4, -0.2) is 3.23 Å². The van der Waals surface area contributed by atoms with Gasteiger partial charge in [-0.2, -0.15) is 0 Å². The molecule has 0 radical (unpaired) electrons. The summed E-state index contributed by atoms with van der Waals surface area (Å²) < 4.78 is 0.316. The molecule has 0 amide bonds. The monoisotopic (exact) mass is 252 g/mol. The lowest BCUT2D eigenvalue weighted by atomic mass is 10.1. The lowest BCUT2D eigenvalue weighted by molar-refractivity contribution is 0.552. The van der Waals surface area contributed by atoms with E-state index >= 15 is 0 Å². The Morgan fingerprint density at radius 1 is 1.11 bits per heavy atom. The zero-order valence-electron chi connectivity index (χ0n) is 5.67. The van der Waals surface area contributed by atoms with Gasteiger partial charge in [-0.25, -0.2) is 0 Å². The van der Waals surface area contributed by atoms with Crippen molar-refractivity contribution in [1.82, 2.24) is 0 Å². The van der Waals surface area contributed by atoms with Gasteiger partial charge in [0.25, 0.3) is 0 Å². The highest BCUT2D eigenvalue weighted by atomic mass is 79.9. The van der Waals surface area contributed by atoms with E-state index in [2.05, 4.69) is 45.7 Å². The van der Waals surface area contributed by atoms with E-state index in [0.29, 0.717) is 14.1 Å². The van der Waals surface area contributed by atoms with Gasteiger partial charge in [0.15, 0.2) is 0 Å². The van der Waals surface area contributed by atoms with Crippen LogP contribution in [0.2, 0.25) is 0 Å². The van der Waals surface area contributed by atoms with Crippen LogP contribution in [0.4, 0.5) is 0 Å². The summed E-state index contributed by atoms with van der Waals surface area (Å²) in [5.41, 5.74) is 1.22. The number of hydrogen-bond acceptors (Lipinski definition) is 0. The molecule has 0 aromatic heterocycles. The number of rotatable bonds is 0. The molecule has 0 heterocycles. The van der Waals surface area contributed by atoms with Crippen molar-refractivity contribution in [2.24, 2.45) is 10.8 Å². The van der Waals surface area contributed by atoms with Crippen LogP contribution in [0.3, 0.4) is 0 Å². The molecule has 0 N–H and O–H groups in total. The molecule has 0 nitrogen and oxygen atoms in total. The van der Waals surface area contributed by atoms with Crippen LogP contribution in [0.5, 0.6) is 0 Å². The van der Waals surface area contributed by atoms with E-state index in [-0.39, 0.29) is 0 Å². The minimum atomic E-state index is 0.316. The van der Waals surface area contributed by atoms with E-state index in [1.807, 2.05) is 0 Å². The van der Waals surface area contributed by atoms with Crippen molar-refractivity contribution < 1.29 is 0 Å². The van der Waals surface area contributed by atoms with Gasteiger partial charge in [0.05, 0.1) is 3.23 Å². The van der Waals surface area contributed by atoms with Crippen LogP contribution in [-0.2, 0) is 0 Å². The molecule has 1 spiro atoms. The van der Waals surface area contributed by atoms with Crippen molar-refractivity contribution in [3.05, 3.63) is 0 Å². The van der Waals surface area contributed by atoms with Gasteiger partial charge >= 0.3 is 0 Å². The van der Waals surface area contributed by atoms with Crippen molar-refractivity contribution >= 4 is 31.9 Å². The lowest BCUT2D eigenvalue weighted by Gasteiger charge is -2.00. The third-order valence-electron chi connectivity index (χ3n) is 3.01. The first kappa shape index (κ1) is 6.66. The zero-order chi connectivity index (χ0) is 6.91. The summed E-state index contributed by atoms with van der Waals surface area (Å²) in [5, 5.41) is 0. The summed E-state index contributed by atoms with van der Waals surface area (Å²) in [6, 6.07) is 0. The second-order valence-corrected chi connectivity index (χ2v) is 7.80. The maximum Gasteiger partial charge on any atom is 0.0873 e. The summed E-state index contributed by atoms with van der Waals surface area (Å²) in [6.45, 7) is 4.69. The predicted octanol–water partition coefficient (Wildman–Crippen LogP) is 3.29. The molecule has 2 heteroatoms. The standard InChI is InChI=1S/C7H10Br2/c1-5(2)3-6(5)4-7(6,8)9/h3-4H2,1-2H3/t6-/m1/s1. The van der Waals surface area contributed by atoms with Crippen molar-refractivity contribution in [1.29, 1.82) is 0 Å². The molecular weight excluding hydrogens is 244 g/mol. The third-order valence-corrected chi connectivity index (χ3v) is 5.09. The Hall–Kier alpha value is 0.960. The highest BCUT2D eigenvalue weighted by Gasteiger charge is 2.82. The number of halogens is 2. The van der Waals surface area contributed by atoms with Crippen LogP contribution < -0.4 is 0 Å². The van der Waals surface area contributed by atoms with Gasteiger partial charge in [-0.15, -0.1) is 0 Å². The fourth-order valence-electron chi connectivity index (χ4n) is 1.97. The van der Waals surface area contributed by atoms with Crippen LogP contribution in [0.25, 0.3) is 0 Å². The van der Waals surface area contributed by atoms with Gasteiger partial charge in [0.2, 0.25) is 0 Å². The number of alkyl halides is 2. The topological polar surface area (TPSA) is 0 Å². The SMILES string of the molecule is CC1(C)C[C@@]12CC2(Br)Br. The van der Waals surface area contributed by atoms with Gasteiger partial charge in [0, 0.05) is 5.41 Å². The molecule has 0 bridgehead atoms. The van der Waals surface area contributed by atoms with Crippen molar-refractivity contribution in [3.8, 4) is 0 Å². The molecule has 0 aromatic rings. The summed E-state index contributed by atoms with van der Waals surface area (Å²) in [7, 11) is 0. The highest BCUT2D eigenvalue weighted by Crippen LogP contribution is 2.88. The Labute approximate surface area is 72.7 Å². The van der Waals surface area contributed by atoms with Gasteiger partial charge in [-0.05, 0) is 18.3 Å². The first-order valence-corrected chi connectivity index (χ1v) is 4.88. The zero-order valence-corrected chi connectivity index (χ0v) is 8.84. The van der Waals surface area contributed by atoms with Crippen LogP contribution in [0.1, 0.15) is 26.7 Å². The molecule has 2 aliphatic carbocycles. The Bertz CT molecular complexity index is 150. The van der Waals surface area contributed by atoms with E-state index < -0.39 is 0 Å². The van der Waals surface area contributed by atoms with Gasteiger partial charge in [-0.3, -0.25) is 0 Å². The summed E-state index contributed by atoms with van der Waals surface area (Å²) in [5.74, 6) is 0. The maximum atomic E-state index is 3.66. The lowest BCUT2D eigenvalue weighted by Crippen LogP contribution is -1.96. The average molecular weight is 254 g/mol. The van der Waals surface area contributed by atoms with Crippen LogP contribution in [0.15, 0.2) is 0 Å². The molecule has 1 atom stereocenters. The highest BCUT2D eigenvalue weighted by molar-refractivity contribution is 9.25. The molecule has 52 valence electrons. The van der Waals surface area contributed by atoms with Crippen LogP contribution >= 0.6 is 31.9 Å². The summed E-state index contributed by atoms with van der Waals surface area (Å²) in [4.78, 5) is 0. The molecule has 0 saturated heterocycles. The predicted molar refractivity (Wildman–Crippen MR) is 46.0 cm³/mol. The van der Waals surface area contributed by atoms with E-state index in [9.17, 15) is 0 Å². The molecular formula is C7H10Br2. The largest absolute Gasteiger partial charge is 0.0873 e. The van der Waals surface area contributed by atoms with E-state index in [0.717, 1.165) is 0 Å². The Morgan fingerprint density at radius 3 is 1.44 bits per heavy atom. The van der Waals surface area contributed by atoms with Crippen molar-refractivity contribution in [3.63, 3.8) is 0 Å². The molecule has 2 aliphatic rings. The smallest absolute Gasteiger partial charge is 0.0721 e. The molecule has 2 fully saturated rings. The quantitative estimate of drug-likeness (QED) is 0.582. The van der Waals surface area contributed by atoms with E-state index in [1.54, 1.807) is 0 Å². The van der Waals surface area contributed by atoms with Gasteiger partial charge in [-0.1, -0.05) is 45.7 Å². The second-order valence-electron chi connectivity index (χ2n) is 4.02. The molecule has 9 heavy (non-hydrogen) atoms. The van der Waals surface area contributed by atoms with E-state index in [1.165, 1.54) is 12.8 Å². The summed E-state index contributed by atoms with van der Waals surface area (Å²) in [6.07, 6.45) is 2.70. The first-order valence-electron chi connectivity index (χ1n) is 3.29. The second kappa shape index (κ2) is 1.29.